The van der Waals surface area contributed by atoms with Gasteiger partial charge in [-0.2, -0.15) is 0 Å². The van der Waals surface area contributed by atoms with Gasteiger partial charge < -0.3 is 4.90 Å². The lowest BCUT2D eigenvalue weighted by atomic mass is 10.3. The predicted octanol–water partition coefficient (Wildman–Crippen LogP) is 4.01. The number of carbonyl (C=O) groups excluding carboxylic acids is 1. The molecule has 0 bridgehead atoms. The molecule has 0 unspecified atom stereocenters. The van der Waals surface area contributed by atoms with Gasteiger partial charge >= 0.3 is 0 Å². The Morgan fingerprint density at radius 2 is 2.25 bits per heavy atom. The van der Waals surface area contributed by atoms with E-state index < -0.39 is 0 Å². The van der Waals surface area contributed by atoms with Crippen LogP contribution in [-0.2, 0) is 4.79 Å². The second kappa shape index (κ2) is 6.81. The molecule has 2 aromatic heterocycles. The van der Waals surface area contributed by atoms with E-state index in [0.29, 0.717) is 23.1 Å². The first-order valence-corrected chi connectivity index (χ1v) is 7.73. The molecule has 0 saturated heterocycles. The van der Waals surface area contributed by atoms with Crippen LogP contribution in [0.1, 0.15) is 26.7 Å². The van der Waals surface area contributed by atoms with Crippen LogP contribution in [-0.4, -0.2) is 22.4 Å². The Balaban J connectivity index is 2.33. The van der Waals surface area contributed by atoms with Gasteiger partial charge in [0, 0.05) is 30.9 Å². The van der Waals surface area contributed by atoms with Crippen molar-refractivity contribution in [2.24, 2.45) is 0 Å². The van der Waals surface area contributed by atoms with Crippen LogP contribution in [0.15, 0.2) is 24.5 Å². The van der Waals surface area contributed by atoms with E-state index >= 15 is 0 Å². The highest BCUT2D eigenvalue weighted by atomic mass is 35.5. The van der Waals surface area contributed by atoms with E-state index in [1.807, 2.05) is 26.0 Å². The predicted molar refractivity (Wildman–Crippen MR) is 83.3 cm³/mol. The fourth-order valence-electron chi connectivity index (χ4n) is 1.85. The van der Waals surface area contributed by atoms with Crippen molar-refractivity contribution in [1.29, 1.82) is 0 Å². The number of hydrogen-bond donors (Lipinski definition) is 0. The summed E-state index contributed by atoms with van der Waals surface area (Å²) < 4.78 is 0. The van der Waals surface area contributed by atoms with E-state index in [4.69, 9.17) is 11.6 Å². The molecule has 0 aliphatic rings. The van der Waals surface area contributed by atoms with Crippen LogP contribution >= 0.6 is 22.9 Å². The molecule has 1 amide bonds. The average molecular weight is 310 g/mol. The summed E-state index contributed by atoms with van der Waals surface area (Å²) in [6.45, 7) is 4.52. The van der Waals surface area contributed by atoms with Gasteiger partial charge in [0.25, 0.3) is 0 Å². The van der Waals surface area contributed by atoms with Gasteiger partial charge in [-0.3, -0.25) is 9.78 Å². The van der Waals surface area contributed by atoms with Crippen molar-refractivity contribution in [3.63, 3.8) is 0 Å². The SMILES string of the molecule is CCCC(=O)N(CC)c1sc(-c2cccnc2)nc1Cl. The molecular formula is C14H16ClN3OS. The van der Waals surface area contributed by atoms with E-state index in [0.717, 1.165) is 17.0 Å². The molecular weight excluding hydrogens is 294 g/mol. The molecule has 0 spiro atoms. The number of halogens is 1. The van der Waals surface area contributed by atoms with Crippen molar-refractivity contribution in [3.8, 4) is 10.6 Å². The number of anilines is 1. The zero-order valence-electron chi connectivity index (χ0n) is 11.5. The summed E-state index contributed by atoms with van der Waals surface area (Å²) in [4.78, 5) is 22.2. The summed E-state index contributed by atoms with van der Waals surface area (Å²) in [5.41, 5.74) is 0.907. The first kappa shape index (κ1) is 14.9. The molecule has 2 aromatic rings. The van der Waals surface area contributed by atoms with Crippen LogP contribution < -0.4 is 4.90 Å². The minimum Gasteiger partial charge on any atom is -0.301 e. The minimum atomic E-state index is 0.0817. The van der Waals surface area contributed by atoms with Crippen LogP contribution in [0.4, 0.5) is 5.00 Å². The molecule has 106 valence electrons. The largest absolute Gasteiger partial charge is 0.301 e. The van der Waals surface area contributed by atoms with Gasteiger partial charge in [0.15, 0.2) is 5.15 Å². The summed E-state index contributed by atoms with van der Waals surface area (Å²) in [6.07, 6.45) is 4.79. The third-order valence-electron chi connectivity index (χ3n) is 2.80. The number of pyridine rings is 1. The van der Waals surface area contributed by atoms with E-state index in [9.17, 15) is 4.79 Å². The molecule has 0 N–H and O–H groups in total. The molecule has 0 atom stereocenters. The lowest BCUT2D eigenvalue weighted by Gasteiger charge is -2.18. The normalized spacial score (nSPS) is 10.6. The third-order valence-corrected chi connectivity index (χ3v) is 4.31. The Kier molecular flexibility index (Phi) is 5.09. The topological polar surface area (TPSA) is 46.1 Å². The Morgan fingerprint density at radius 1 is 1.45 bits per heavy atom. The van der Waals surface area contributed by atoms with Crippen molar-refractivity contribution >= 4 is 33.8 Å². The molecule has 0 aliphatic heterocycles. The van der Waals surface area contributed by atoms with Crippen molar-refractivity contribution in [3.05, 3.63) is 29.7 Å². The second-order valence-electron chi connectivity index (χ2n) is 4.24. The number of amides is 1. The quantitative estimate of drug-likeness (QED) is 0.838. The van der Waals surface area contributed by atoms with Crippen molar-refractivity contribution in [2.45, 2.75) is 26.7 Å². The summed E-state index contributed by atoms with van der Waals surface area (Å²) in [5.74, 6) is 0.0817. The van der Waals surface area contributed by atoms with E-state index in [2.05, 4.69) is 9.97 Å². The zero-order chi connectivity index (χ0) is 14.5. The second-order valence-corrected chi connectivity index (χ2v) is 5.58. The van der Waals surface area contributed by atoms with Gasteiger partial charge in [0.1, 0.15) is 10.0 Å². The smallest absolute Gasteiger partial charge is 0.227 e. The number of hydrogen-bond acceptors (Lipinski definition) is 4. The van der Waals surface area contributed by atoms with Crippen molar-refractivity contribution < 1.29 is 4.79 Å². The lowest BCUT2D eigenvalue weighted by molar-refractivity contribution is -0.118. The minimum absolute atomic E-state index is 0.0817. The number of nitrogens with zero attached hydrogens (tertiary/aromatic N) is 3. The number of carbonyl (C=O) groups is 1. The summed E-state index contributed by atoms with van der Waals surface area (Å²) in [7, 11) is 0. The summed E-state index contributed by atoms with van der Waals surface area (Å²) in [5, 5.41) is 1.87. The highest BCUT2D eigenvalue weighted by Gasteiger charge is 2.20. The van der Waals surface area contributed by atoms with E-state index in [1.165, 1.54) is 11.3 Å². The van der Waals surface area contributed by atoms with Gasteiger partial charge in [-0.1, -0.05) is 29.9 Å². The van der Waals surface area contributed by atoms with Crippen molar-refractivity contribution in [1.82, 2.24) is 9.97 Å². The van der Waals surface area contributed by atoms with Gasteiger partial charge in [0.2, 0.25) is 5.91 Å². The average Bonchev–Trinajstić information content (AvgIpc) is 2.83. The van der Waals surface area contributed by atoms with Crippen LogP contribution in [0, 0.1) is 0 Å². The Morgan fingerprint density at radius 3 is 2.85 bits per heavy atom. The molecule has 0 aromatic carbocycles. The molecule has 6 heteroatoms. The summed E-state index contributed by atoms with van der Waals surface area (Å²) >= 11 is 7.62. The standard InChI is InChI=1S/C14H16ClN3OS/c1-3-6-11(19)18(4-2)14-12(15)17-13(20-14)10-7-5-8-16-9-10/h5,7-9H,3-4,6H2,1-2H3. The maximum atomic E-state index is 12.1. The fraction of sp³-hybridized carbons (Fsp3) is 0.357. The Hall–Kier alpha value is -1.46. The first-order valence-electron chi connectivity index (χ1n) is 6.54. The molecule has 0 fully saturated rings. The van der Waals surface area contributed by atoms with E-state index in [1.54, 1.807) is 17.3 Å². The molecule has 2 rings (SSSR count). The number of thiazole rings is 1. The van der Waals surface area contributed by atoms with Crippen LogP contribution in [0.5, 0.6) is 0 Å². The van der Waals surface area contributed by atoms with Crippen LogP contribution in [0.2, 0.25) is 5.15 Å². The third kappa shape index (κ3) is 3.16. The summed E-state index contributed by atoms with van der Waals surface area (Å²) in [6, 6.07) is 3.78. The monoisotopic (exact) mass is 309 g/mol. The van der Waals surface area contributed by atoms with Gasteiger partial charge in [-0.05, 0) is 25.5 Å². The highest BCUT2D eigenvalue weighted by Crippen LogP contribution is 2.37. The van der Waals surface area contributed by atoms with Crippen LogP contribution in [0.25, 0.3) is 10.6 Å². The Labute approximate surface area is 127 Å². The number of aromatic nitrogens is 2. The molecule has 0 saturated carbocycles. The van der Waals surface area contributed by atoms with Gasteiger partial charge in [-0.15, -0.1) is 0 Å². The lowest BCUT2D eigenvalue weighted by Crippen LogP contribution is -2.29. The van der Waals surface area contributed by atoms with Crippen LogP contribution in [0.3, 0.4) is 0 Å². The zero-order valence-corrected chi connectivity index (χ0v) is 13.0. The fourth-order valence-corrected chi connectivity index (χ4v) is 3.24. The first-order chi connectivity index (χ1) is 9.67. The Bertz CT molecular complexity index is 585. The van der Waals surface area contributed by atoms with Gasteiger partial charge in [0.05, 0.1) is 0 Å². The number of rotatable bonds is 5. The molecule has 0 aliphatic carbocycles. The van der Waals surface area contributed by atoms with E-state index in [-0.39, 0.29) is 5.91 Å². The van der Waals surface area contributed by atoms with Crippen molar-refractivity contribution in [2.75, 3.05) is 11.4 Å². The maximum absolute atomic E-state index is 12.1. The molecule has 4 nitrogen and oxygen atoms in total. The molecule has 0 radical (unpaired) electrons. The van der Waals surface area contributed by atoms with Gasteiger partial charge in [-0.25, -0.2) is 4.98 Å². The highest BCUT2D eigenvalue weighted by molar-refractivity contribution is 7.19. The molecule has 20 heavy (non-hydrogen) atoms. The maximum Gasteiger partial charge on any atom is 0.227 e. The molecule has 2 heterocycles.